The maximum Gasteiger partial charge on any atom is 0.283 e. The smallest absolute Gasteiger partial charge is 0.283 e. The number of fused-ring (bicyclic) bond motifs is 1. The van der Waals surface area contributed by atoms with Crippen LogP contribution in [0.25, 0.3) is 6.08 Å². The first-order chi connectivity index (χ1) is 10.6. The van der Waals surface area contributed by atoms with Gasteiger partial charge in [-0.3, -0.25) is 10.2 Å². The van der Waals surface area contributed by atoms with Crippen LogP contribution in [0.15, 0.2) is 32.5 Å². The third-order valence-corrected chi connectivity index (χ3v) is 5.87. The topological polar surface area (TPSA) is 68.9 Å². The van der Waals surface area contributed by atoms with Crippen molar-refractivity contribution in [3.63, 3.8) is 0 Å². The molecule has 114 valence electrons. The molecule has 0 radical (unpaired) electrons. The van der Waals surface area contributed by atoms with Crippen molar-refractivity contribution in [1.29, 1.82) is 5.41 Å². The summed E-state index contributed by atoms with van der Waals surface area (Å²) in [6.07, 6.45) is 1.73. The Hall–Kier alpha value is -1.38. The van der Waals surface area contributed by atoms with E-state index in [-0.39, 0.29) is 11.7 Å². The minimum Gasteiger partial charge on any atom is -0.283 e. The van der Waals surface area contributed by atoms with E-state index < -0.39 is 0 Å². The van der Waals surface area contributed by atoms with Gasteiger partial charge in [-0.05, 0) is 23.4 Å². The average molecular weight is 350 g/mol. The van der Waals surface area contributed by atoms with Gasteiger partial charge in [0.25, 0.3) is 5.91 Å². The number of rotatable bonds is 3. The number of thioether (sulfide) groups is 1. The van der Waals surface area contributed by atoms with E-state index >= 15 is 0 Å². The highest BCUT2D eigenvalue weighted by Gasteiger charge is 2.37. The van der Waals surface area contributed by atoms with Crippen LogP contribution in [0, 0.1) is 11.3 Å². The molecule has 0 atom stereocenters. The molecule has 5 nitrogen and oxygen atoms in total. The van der Waals surface area contributed by atoms with E-state index in [9.17, 15) is 4.79 Å². The Morgan fingerprint density at radius 1 is 1.50 bits per heavy atom. The quantitative estimate of drug-likeness (QED) is 0.666. The molecule has 1 aromatic heterocycles. The normalized spacial score (nSPS) is 19.8. The summed E-state index contributed by atoms with van der Waals surface area (Å²) >= 11 is 4.28. The maximum atomic E-state index is 12.2. The molecule has 0 aliphatic carbocycles. The molecule has 1 amide bonds. The standard InChI is InChI=1S/C14H14N4OS3/c1-8(2)7-21-14-17-22-13-16-12(19)10(11(15)18(13)14)6-9-4-3-5-20-9/h3-6,8,15H,7H2,1-2H3. The van der Waals surface area contributed by atoms with Gasteiger partial charge in [0.2, 0.25) is 5.17 Å². The second-order valence-electron chi connectivity index (χ2n) is 5.13. The molecule has 3 rings (SSSR count). The molecule has 0 fully saturated rings. The van der Waals surface area contributed by atoms with E-state index in [1.165, 1.54) is 11.3 Å². The first-order valence-corrected chi connectivity index (χ1v) is 9.35. The molecule has 2 aliphatic rings. The summed E-state index contributed by atoms with van der Waals surface area (Å²) in [5.74, 6) is 1.22. The molecule has 0 saturated heterocycles. The van der Waals surface area contributed by atoms with Crippen LogP contribution in [0.2, 0.25) is 0 Å². The molecular formula is C14H14N4OS3. The third kappa shape index (κ3) is 3.04. The molecular weight excluding hydrogens is 336 g/mol. The Kier molecular flexibility index (Phi) is 4.51. The molecule has 0 bridgehead atoms. The summed E-state index contributed by atoms with van der Waals surface area (Å²) < 4.78 is 4.34. The minimum atomic E-state index is -0.373. The lowest BCUT2D eigenvalue weighted by Gasteiger charge is -2.24. The van der Waals surface area contributed by atoms with Crippen LogP contribution in [0.1, 0.15) is 18.7 Å². The van der Waals surface area contributed by atoms with Crippen molar-refractivity contribution in [2.24, 2.45) is 15.3 Å². The zero-order chi connectivity index (χ0) is 15.7. The third-order valence-electron chi connectivity index (χ3n) is 2.87. The fourth-order valence-corrected chi connectivity index (χ4v) is 4.30. The van der Waals surface area contributed by atoms with E-state index in [0.29, 0.717) is 16.7 Å². The zero-order valence-electron chi connectivity index (χ0n) is 12.1. The number of nitrogens with one attached hydrogen (secondary N) is 1. The van der Waals surface area contributed by atoms with Crippen molar-refractivity contribution in [3.8, 4) is 0 Å². The van der Waals surface area contributed by atoms with Crippen molar-refractivity contribution in [1.82, 2.24) is 4.90 Å². The molecule has 8 heteroatoms. The predicted molar refractivity (Wildman–Crippen MR) is 96.6 cm³/mol. The zero-order valence-corrected chi connectivity index (χ0v) is 14.5. The molecule has 2 aliphatic heterocycles. The number of nitrogens with zero attached hydrogens (tertiary/aromatic N) is 3. The SMILES string of the molecule is CC(C)CSC1=NSC2=NC(=O)C(=Cc3cccs3)C(=N)N12. The minimum absolute atomic E-state index is 0.156. The summed E-state index contributed by atoms with van der Waals surface area (Å²) in [5.41, 5.74) is 0.312. The highest BCUT2D eigenvalue weighted by atomic mass is 32.2. The average Bonchev–Trinajstić information content (AvgIpc) is 3.10. The van der Waals surface area contributed by atoms with Crippen LogP contribution < -0.4 is 0 Å². The maximum absolute atomic E-state index is 12.2. The lowest BCUT2D eigenvalue weighted by molar-refractivity contribution is -0.114. The van der Waals surface area contributed by atoms with Gasteiger partial charge >= 0.3 is 0 Å². The summed E-state index contributed by atoms with van der Waals surface area (Å²) in [5, 5.41) is 11.5. The molecule has 0 saturated carbocycles. The molecule has 22 heavy (non-hydrogen) atoms. The van der Waals surface area contributed by atoms with E-state index in [1.54, 1.807) is 22.7 Å². The Balaban J connectivity index is 1.88. The van der Waals surface area contributed by atoms with E-state index in [0.717, 1.165) is 27.7 Å². The number of hydrogen-bond donors (Lipinski definition) is 1. The number of carbonyl (C=O) groups is 1. The summed E-state index contributed by atoms with van der Waals surface area (Å²) in [4.78, 5) is 18.8. The predicted octanol–water partition coefficient (Wildman–Crippen LogP) is 3.71. The first-order valence-electron chi connectivity index (χ1n) is 6.71. The Morgan fingerprint density at radius 3 is 3.00 bits per heavy atom. The highest BCUT2D eigenvalue weighted by molar-refractivity contribution is 8.19. The number of thiophene rings is 1. The lowest BCUT2D eigenvalue weighted by Crippen LogP contribution is -2.41. The van der Waals surface area contributed by atoms with Gasteiger partial charge in [0, 0.05) is 10.6 Å². The van der Waals surface area contributed by atoms with Gasteiger partial charge in [0.05, 0.1) is 17.5 Å². The largest absolute Gasteiger partial charge is 0.283 e. The van der Waals surface area contributed by atoms with Crippen LogP contribution >= 0.6 is 35.0 Å². The Labute approximate surface area is 141 Å². The fraction of sp³-hybridized carbons (Fsp3) is 0.286. The van der Waals surface area contributed by atoms with Crippen molar-refractivity contribution < 1.29 is 4.79 Å². The van der Waals surface area contributed by atoms with Gasteiger partial charge in [-0.1, -0.05) is 31.7 Å². The van der Waals surface area contributed by atoms with Crippen LogP contribution in [-0.4, -0.2) is 32.7 Å². The summed E-state index contributed by atoms with van der Waals surface area (Å²) in [6, 6.07) is 3.83. The Morgan fingerprint density at radius 2 is 2.32 bits per heavy atom. The van der Waals surface area contributed by atoms with Crippen molar-refractivity contribution >= 4 is 63.2 Å². The van der Waals surface area contributed by atoms with Crippen molar-refractivity contribution in [2.45, 2.75) is 13.8 Å². The monoisotopic (exact) mass is 350 g/mol. The van der Waals surface area contributed by atoms with Crippen LogP contribution in [0.4, 0.5) is 0 Å². The van der Waals surface area contributed by atoms with E-state index in [2.05, 4.69) is 23.2 Å². The number of aliphatic imine (C=N–C) groups is 1. The van der Waals surface area contributed by atoms with Crippen LogP contribution in [-0.2, 0) is 4.79 Å². The van der Waals surface area contributed by atoms with Gasteiger partial charge in [0.15, 0.2) is 5.17 Å². The first kappa shape index (κ1) is 15.5. The molecule has 1 N–H and O–H groups in total. The van der Waals surface area contributed by atoms with Crippen LogP contribution in [0.5, 0.6) is 0 Å². The number of carbonyl (C=O) groups excluding carboxylic acids is 1. The lowest BCUT2D eigenvalue weighted by atomic mass is 10.1. The fourth-order valence-electron chi connectivity index (χ4n) is 1.85. The van der Waals surface area contributed by atoms with Crippen molar-refractivity contribution in [3.05, 3.63) is 28.0 Å². The molecule has 0 spiro atoms. The summed E-state index contributed by atoms with van der Waals surface area (Å²) in [7, 11) is 0. The van der Waals surface area contributed by atoms with Gasteiger partial charge in [0.1, 0.15) is 5.84 Å². The van der Waals surface area contributed by atoms with E-state index in [1.807, 2.05) is 17.5 Å². The van der Waals surface area contributed by atoms with Crippen LogP contribution in [0.3, 0.4) is 0 Å². The van der Waals surface area contributed by atoms with Gasteiger partial charge in [-0.15, -0.1) is 11.3 Å². The number of hydrogen-bond acceptors (Lipinski definition) is 6. The second-order valence-corrected chi connectivity index (χ2v) is 7.82. The highest BCUT2D eigenvalue weighted by Crippen LogP contribution is 2.32. The van der Waals surface area contributed by atoms with E-state index in [4.69, 9.17) is 5.41 Å². The van der Waals surface area contributed by atoms with Gasteiger partial charge < -0.3 is 0 Å². The summed E-state index contributed by atoms with van der Waals surface area (Å²) in [6.45, 7) is 4.27. The number of amides is 1. The number of amidine groups is 3. The molecule has 3 heterocycles. The molecule has 0 aromatic carbocycles. The van der Waals surface area contributed by atoms with Crippen molar-refractivity contribution in [2.75, 3.05) is 5.75 Å². The van der Waals surface area contributed by atoms with Gasteiger partial charge in [-0.2, -0.15) is 9.39 Å². The second kappa shape index (κ2) is 6.39. The van der Waals surface area contributed by atoms with Gasteiger partial charge in [-0.25, -0.2) is 4.90 Å². The molecule has 1 aromatic rings. The Bertz CT molecular complexity index is 704. The molecule has 0 unspecified atom stereocenters.